The van der Waals surface area contributed by atoms with Crippen molar-refractivity contribution in [2.45, 2.75) is 13.0 Å². The Morgan fingerprint density at radius 1 is 1.71 bits per heavy atom. The summed E-state index contributed by atoms with van der Waals surface area (Å²) in [6.45, 7) is 0.712. The standard InChI is InChI=1S/C8H14N4O2/c9-7-4-11-12(5-7)6-8(14)10-2-1-3-13/h4-5,13H,1-3,6,9H2,(H,10,14). The number of amides is 1. The first kappa shape index (κ1) is 10.5. The number of aliphatic hydroxyl groups excluding tert-OH is 1. The van der Waals surface area contributed by atoms with E-state index in [-0.39, 0.29) is 19.1 Å². The van der Waals surface area contributed by atoms with Gasteiger partial charge in [-0.2, -0.15) is 5.10 Å². The Labute approximate surface area is 81.7 Å². The molecular weight excluding hydrogens is 184 g/mol. The molecule has 0 aliphatic carbocycles. The van der Waals surface area contributed by atoms with Crippen LogP contribution in [0.15, 0.2) is 12.4 Å². The van der Waals surface area contributed by atoms with Crippen molar-refractivity contribution in [3.63, 3.8) is 0 Å². The number of rotatable bonds is 5. The Hall–Kier alpha value is -1.56. The smallest absolute Gasteiger partial charge is 0.241 e. The lowest BCUT2D eigenvalue weighted by atomic mass is 10.4. The van der Waals surface area contributed by atoms with Crippen LogP contribution in [0.3, 0.4) is 0 Å². The van der Waals surface area contributed by atoms with Gasteiger partial charge in [0, 0.05) is 19.3 Å². The Balaban J connectivity index is 2.27. The van der Waals surface area contributed by atoms with Crippen LogP contribution in [0.4, 0.5) is 5.69 Å². The molecule has 14 heavy (non-hydrogen) atoms. The molecule has 0 atom stereocenters. The topological polar surface area (TPSA) is 93.2 Å². The van der Waals surface area contributed by atoms with Crippen LogP contribution in [0.5, 0.6) is 0 Å². The van der Waals surface area contributed by atoms with E-state index in [0.29, 0.717) is 18.7 Å². The maximum Gasteiger partial charge on any atom is 0.241 e. The van der Waals surface area contributed by atoms with Crippen molar-refractivity contribution in [2.24, 2.45) is 0 Å². The second-order valence-electron chi connectivity index (χ2n) is 2.90. The number of aromatic nitrogens is 2. The van der Waals surface area contributed by atoms with Crippen LogP contribution in [0.2, 0.25) is 0 Å². The first-order valence-electron chi connectivity index (χ1n) is 4.38. The number of aliphatic hydroxyl groups is 1. The summed E-state index contributed by atoms with van der Waals surface area (Å²) >= 11 is 0. The average Bonchev–Trinajstić information content (AvgIpc) is 2.52. The minimum atomic E-state index is -0.137. The Bertz CT molecular complexity index is 297. The highest BCUT2D eigenvalue weighted by Gasteiger charge is 2.02. The van der Waals surface area contributed by atoms with Crippen LogP contribution in [-0.2, 0) is 11.3 Å². The van der Waals surface area contributed by atoms with E-state index < -0.39 is 0 Å². The van der Waals surface area contributed by atoms with Gasteiger partial charge in [0.15, 0.2) is 0 Å². The molecule has 78 valence electrons. The van der Waals surface area contributed by atoms with Crippen LogP contribution in [0, 0.1) is 0 Å². The lowest BCUT2D eigenvalue weighted by Crippen LogP contribution is -2.29. The third kappa shape index (κ3) is 3.44. The fourth-order valence-corrected chi connectivity index (χ4v) is 0.976. The van der Waals surface area contributed by atoms with Crippen molar-refractivity contribution in [3.8, 4) is 0 Å². The minimum absolute atomic E-state index is 0.0784. The number of nitrogen functional groups attached to an aromatic ring is 1. The molecule has 0 saturated heterocycles. The highest BCUT2D eigenvalue weighted by atomic mass is 16.3. The number of nitrogens with two attached hydrogens (primary N) is 1. The number of anilines is 1. The maximum absolute atomic E-state index is 11.2. The van der Waals surface area contributed by atoms with Gasteiger partial charge in [-0.25, -0.2) is 0 Å². The fourth-order valence-electron chi connectivity index (χ4n) is 0.976. The van der Waals surface area contributed by atoms with Gasteiger partial charge in [-0.15, -0.1) is 0 Å². The SMILES string of the molecule is Nc1cnn(CC(=O)NCCCO)c1. The Morgan fingerprint density at radius 3 is 3.07 bits per heavy atom. The average molecular weight is 198 g/mol. The number of hydrogen-bond acceptors (Lipinski definition) is 4. The second-order valence-corrected chi connectivity index (χ2v) is 2.90. The second kappa shape index (κ2) is 5.23. The molecule has 1 rings (SSSR count). The first-order valence-corrected chi connectivity index (χ1v) is 4.38. The molecule has 0 saturated carbocycles. The molecule has 1 aromatic rings. The zero-order valence-corrected chi connectivity index (χ0v) is 7.81. The van der Waals surface area contributed by atoms with E-state index >= 15 is 0 Å². The van der Waals surface area contributed by atoms with Crippen molar-refractivity contribution in [1.29, 1.82) is 0 Å². The van der Waals surface area contributed by atoms with Crippen molar-refractivity contribution < 1.29 is 9.90 Å². The summed E-state index contributed by atoms with van der Waals surface area (Å²) in [5.74, 6) is -0.137. The molecule has 0 aliphatic rings. The molecule has 1 aromatic heterocycles. The van der Waals surface area contributed by atoms with Gasteiger partial charge in [-0.1, -0.05) is 0 Å². The van der Waals surface area contributed by atoms with Crippen molar-refractivity contribution in [1.82, 2.24) is 15.1 Å². The molecule has 1 amide bonds. The van der Waals surface area contributed by atoms with E-state index in [1.807, 2.05) is 0 Å². The third-order valence-corrected chi connectivity index (χ3v) is 1.62. The van der Waals surface area contributed by atoms with Crippen molar-refractivity contribution in [2.75, 3.05) is 18.9 Å². The summed E-state index contributed by atoms with van der Waals surface area (Å²) in [6, 6.07) is 0. The predicted octanol–water partition coefficient (Wildman–Crippen LogP) is -1.04. The summed E-state index contributed by atoms with van der Waals surface area (Å²) in [5.41, 5.74) is 5.96. The van der Waals surface area contributed by atoms with Crippen LogP contribution in [-0.4, -0.2) is 33.9 Å². The lowest BCUT2D eigenvalue weighted by molar-refractivity contribution is -0.121. The van der Waals surface area contributed by atoms with Gasteiger partial charge in [0.1, 0.15) is 6.54 Å². The molecule has 6 heteroatoms. The van der Waals surface area contributed by atoms with Gasteiger partial charge >= 0.3 is 0 Å². The van der Waals surface area contributed by atoms with E-state index in [1.165, 1.54) is 10.9 Å². The van der Waals surface area contributed by atoms with Crippen LogP contribution in [0.1, 0.15) is 6.42 Å². The lowest BCUT2D eigenvalue weighted by Gasteiger charge is -2.03. The number of nitrogens with one attached hydrogen (secondary N) is 1. The summed E-state index contributed by atoms with van der Waals surface area (Å²) < 4.78 is 1.46. The third-order valence-electron chi connectivity index (χ3n) is 1.62. The molecule has 0 fully saturated rings. The maximum atomic E-state index is 11.2. The molecule has 0 unspecified atom stereocenters. The monoisotopic (exact) mass is 198 g/mol. The number of carbonyl (C=O) groups is 1. The quantitative estimate of drug-likeness (QED) is 0.527. The predicted molar refractivity (Wildman–Crippen MR) is 51.4 cm³/mol. The van der Waals surface area contributed by atoms with Gasteiger partial charge in [-0.3, -0.25) is 9.48 Å². The largest absolute Gasteiger partial charge is 0.396 e. The molecule has 0 aliphatic heterocycles. The van der Waals surface area contributed by atoms with Gasteiger partial charge in [0.25, 0.3) is 0 Å². The molecule has 0 aromatic carbocycles. The number of hydrogen-bond donors (Lipinski definition) is 3. The van der Waals surface area contributed by atoms with Gasteiger partial charge < -0.3 is 16.2 Å². The molecule has 0 radical (unpaired) electrons. The van der Waals surface area contributed by atoms with Crippen LogP contribution in [0.25, 0.3) is 0 Å². The molecule has 4 N–H and O–H groups in total. The summed E-state index contributed by atoms with van der Waals surface area (Å²) in [6.07, 6.45) is 3.64. The van der Waals surface area contributed by atoms with Gasteiger partial charge in [-0.05, 0) is 6.42 Å². The van der Waals surface area contributed by atoms with E-state index in [0.717, 1.165) is 0 Å². The van der Waals surface area contributed by atoms with E-state index in [9.17, 15) is 4.79 Å². The highest BCUT2D eigenvalue weighted by molar-refractivity contribution is 5.75. The first-order chi connectivity index (χ1) is 6.72. The number of nitrogens with zero attached hydrogens (tertiary/aromatic N) is 2. The fraction of sp³-hybridized carbons (Fsp3) is 0.500. The van der Waals surface area contributed by atoms with Crippen LogP contribution >= 0.6 is 0 Å². The molecular formula is C8H14N4O2. The summed E-state index contributed by atoms with van der Waals surface area (Å²) in [4.78, 5) is 11.2. The van der Waals surface area contributed by atoms with E-state index in [2.05, 4.69) is 10.4 Å². The summed E-state index contributed by atoms with van der Waals surface area (Å²) in [5, 5.41) is 15.0. The molecule has 0 bridgehead atoms. The van der Waals surface area contributed by atoms with Gasteiger partial charge in [0.2, 0.25) is 5.91 Å². The minimum Gasteiger partial charge on any atom is -0.396 e. The highest BCUT2D eigenvalue weighted by Crippen LogP contribution is 1.96. The Kier molecular flexibility index (Phi) is 3.93. The zero-order chi connectivity index (χ0) is 10.4. The van der Waals surface area contributed by atoms with Gasteiger partial charge in [0.05, 0.1) is 11.9 Å². The Morgan fingerprint density at radius 2 is 2.50 bits per heavy atom. The van der Waals surface area contributed by atoms with Crippen molar-refractivity contribution >= 4 is 11.6 Å². The van der Waals surface area contributed by atoms with Crippen LogP contribution < -0.4 is 11.1 Å². The van der Waals surface area contributed by atoms with E-state index in [1.54, 1.807) is 6.20 Å². The van der Waals surface area contributed by atoms with Crippen molar-refractivity contribution in [3.05, 3.63) is 12.4 Å². The van der Waals surface area contributed by atoms with E-state index in [4.69, 9.17) is 10.8 Å². The molecule has 1 heterocycles. The zero-order valence-electron chi connectivity index (χ0n) is 7.81. The molecule has 0 spiro atoms. The molecule has 6 nitrogen and oxygen atoms in total. The number of carbonyl (C=O) groups excluding carboxylic acids is 1. The normalized spacial score (nSPS) is 10.1. The summed E-state index contributed by atoms with van der Waals surface area (Å²) in [7, 11) is 0.